The van der Waals surface area contributed by atoms with Crippen LogP contribution in [0.15, 0.2) is 11.6 Å². The van der Waals surface area contributed by atoms with Crippen molar-refractivity contribution in [1.29, 1.82) is 0 Å². The first kappa shape index (κ1) is 21.0. The summed E-state index contributed by atoms with van der Waals surface area (Å²) in [6, 6.07) is 0. The fourth-order valence-electron chi connectivity index (χ4n) is 8.49. The highest BCUT2D eigenvalue weighted by Gasteiger charge is 2.56. The highest BCUT2D eigenvalue weighted by atomic mass is 16.3. The van der Waals surface area contributed by atoms with E-state index in [0.717, 1.165) is 60.2 Å². The van der Waals surface area contributed by atoms with Crippen LogP contribution in [0.3, 0.4) is 0 Å². The lowest BCUT2D eigenvalue weighted by atomic mass is 9.48. The third kappa shape index (κ3) is 3.63. The van der Waals surface area contributed by atoms with Crippen LogP contribution in [0.4, 0.5) is 0 Å². The molecule has 4 rings (SSSR count). The van der Waals surface area contributed by atoms with Crippen molar-refractivity contribution in [1.82, 2.24) is 0 Å². The topological polar surface area (TPSA) is 20.2 Å². The van der Waals surface area contributed by atoms with Crippen molar-refractivity contribution >= 4 is 0 Å². The lowest BCUT2D eigenvalue weighted by Gasteiger charge is -2.57. The molecule has 0 saturated heterocycles. The fourth-order valence-corrected chi connectivity index (χ4v) is 8.49. The molecule has 28 heavy (non-hydrogen) atoms. The summed E-state index contributed by atoms with van der Waals surface area (Å²) in [5.74, 6) is 7.44. The second-order valence-electron chi connectivity index (χ2n) is 12.0. The third-order valence-corrected chi connectivity index (χ3v) is 9.98. The number of rotatable bonds is 5. The van der Waals surface area contributed by atoms with Crippen molar-refractivity contribution in [3.05, 3.63) is 11.6 Å². The first-order valence-corrected chi connectivity index (χ1v) is 12.7. The number of aliphatic hydroxyl groups excluding tert-OH is 1. The Morgan fingerprint density at radius 3 is 2.64 bits per heavy atom. The molecule has 0 aromatic rings. The highest BCUT2D eigenvalue weighted by Crippen LogP contribution is 2.64. The van der Waals surface area contributed by atoms with E-state index in [0.29, 0.717) is 5.41 Å². The van der Waals surface area contributed by atoms with E-state index in [2.05, 4.69) is 40.7 Å². The summed E-state index contributed by atoms with van der Waals surface area (Å²) in [5, 5.41) is 10.2. The largest absolute Gasteiger partial charge is 0.393 e. The van der Waals surface area contributed by atoms with Crippen molar-refractivity contribution in [3.8, 4) is 0 Å². The van der Waals surface area contributed by atoms with Crippen LogP contribution in [0.25, 0.3) is 0 Å². The molecule has 0 bridgehead atoms. The van der Waals surface area contributed by atoms with Gasteiger partial charge in [0.2, 0.25) is 0 Å². The molecule has 0 heterocycles. The molecule has 9 atom stereocenters. The predicted octanol–water partition coefficient (Wildman–Crippen LogP) is 7.24. The molecule has 4 aliphatic rings. The second kappa shape index (κ2) is 8.09. The zero-order chi connectivity index (χ0) is 20.1. The number of fused-ring (bicyclic) bond motifs is 5. The molecule has 1 nitrogen and oxygen atoms in total. The Balaban J connectivity index is 1.48. The van der Waals surface area contributed by atoms with Crippen molar-refractivity contribution < 1.29 is 5.11 Å². The zero-order valence-electron chi connectivity index (χ0n) is 19.3. The molecule has 1 N–H and O–H groups in total. The van der Waals surface area contributed by atoms with Gasteiger partial charge in [-0.2, -0.15) is 0 Å². The number of allylic oxidation sites excluding steroid dienone is 1. The minimum atomic E-state index is -0.0767. The van der Waals surface area contributed by atoms with Gasteiger partial charge >= 0.3 is 0 Å². The van der Waals surface area contributed by atoms with E-state index in [1.165, 1.54) is 51.4 Å². The molecule has 4 aliphatic carbocycles. The molecule has 0 aliphatic heterocycles. The molecular weight excluding hydrogens is 340 g/mol. The van der Waals surface area contributed by atoms with Gasteiger partial charge in [0.1, 0.15) is 0 Å². The molecule has 0 aromatic heterocycles. The number of hydrogen-bond acceptors (Lipinski definition) is 1. The van der Waals surface area contributed by atoms with Gasteiger partial charge in [-0.15, -0.1) is 0 Å². The van der Waals surface area contributed by atoms with E-state index in [1.807, 2.05) is 0 Å². The third-order valence-electron chi connectivity index (χ3n) is 9.98. The van der Waals surface area contributed by atoms with Gasteiger partial charge in [0, 0.05) is 0 Å². The Kier molecular flexibility index (Phi) is 6.05. The summed E-state index contributed by atoms with van der Waals surface area (Å²) in [4.78, 5) is 0. The average Bonchev–Trinajstić information content (AvgIpc) is 3.09. The minimum absolute atomic E-state index is 0.0767. The first-order valence-electron chi connectivity index (χ1n) is 12.7. The maximum absolute atomic E-state index is 10.2. The monoisotopic (exact) mass is 386 g/mol. The summed E-state index contributed by atoms with van der Waals surface area (Å²) in [5.41, 5.74) is 2.01. The average molecular weight is 387 g/mol. The number of hydrogen-bond donors (Lipinski definition) is 1. The number of aliphatic hydroxyl groups is 1. The molecule has 0 amide bonds. The van der Waals surface area contributed by atoms with Gasteiger partial charge in [-0.3, -0.25) is 0 Å². The maximum atomic E-state index is 10.2. The molecule has 160 valence electrons. The van der Waals surface area contributed by atoms with Gasteiger partial charge in [-0.25, -0.2) is 0 Å². The Bertz CT molecular complexity index is 577. The minimum Gasteiger partial charge on any atom is -0.393 e. The quantitative estimate of drug-likeness (QED) is 0.493. The van der Waals surface area contributed by atoms with Gasteiger partial charge < -0.3 is 5.11 Å². The van der Waals surface area contributed by atoms with Gasteiger partial charge in [0.25, 0.3) is 0 Å². The van der Waals surface area contributed by atoms with Gasteiger partial charge in [0.15, 0.2) is 0 Å². The Morgan fingerprint density at radius 2 is 1.89 bits per heavy atom. The standard InChI is InChI=1S/C27H46O/c1-17(2)7-6-8-18(3)22-11-12-24-23-10-9-20-16-21(28)13-14-27(20,5)25(23)15-19(4)26(22)24/h9,17-19,21-26,28H,6-8,10-16H2,1-5H3/t18-,19-,21+,22-,23?,24?,25?,26?,27+/m1/s1. The normalized spacial score (nSPS) is 46.5. The SMILES string of the molecule is CC(C)CCC[C@@H](C)[C@H]1CCC2C3CC=C4C[C@@H](O)CC[C@]4(C)C3C[C@@H](C)C21. The second-order valence-corrected chi connectivity index (χ2v) is 12.0. The van der Waals surface area contributed by atoms with Crippen LogP contribution in [0.1, 0.15) is 98.8 Å². The lowest BCUT2D eigenvalue weighted by Crippen LogP contribution is -2.50. The van der Waals surface area contributed by atoms with Crippen LogP contribution in [-0.2, 0) is 0 Å². The summed E-state index contributed by atoms with van der Waals surface area (Å²) < 4.78 is 0. The summed E-state index contributed by atoms with van der Waals surface area (Å²) in [6.45, 7) is 12.5. The predicted molar refractivity (Wildman–Crippen MR) is 119 cm³/mol. The fraction of sp³-hybridized carbons (Fsp3) is 0.926. The van der Waals surface area contributed by atoms with Gasteiger partial charge in [-0.05, 0) is 97.7 Å². The van der Waals surface area contributed by atoms with E-state index >= 15 is 0 Å². The van der Waals surface area contributed by atoms with E-state index in [4.69, 9.17) is 0 Å². The molecule has 0 aromatic carbocycles. The van der Waals surface area contributed by atoms with Crippen LogP contribution in [0.5, 0.6) is 0 Å². The van der Waals surface area contributed by atoms with Crippen LogP contribution in [0.2, 0.25) is 0 Å². The van der Waals surface area contributed by atoms with Crippen molar-refractivity contribution in [3.63, 3.8) is 0 Å². The lowest BCUT2D eigenvalue weighted by molar-refractivity contribution is -0.0408. The Hall–Kier alpha value is -0.300. The maximum Gasteiger partial charge on any atom is 0.0577 e. The summed E-state index contributed by atoms with van der Waals surface area (Å²) >= 11 is 0. The molecule has 3 fully saturated rings. The van der Waals surface area contributed by atoms with Crippen LogP contribution >= 0.6 is 0 Å². The highest BCUT2D eigenvalue weighted by molar-refractivity contribution is 5.25. The van der Waals surface area contributed by atoms with Crippen molar-refractivity contribution in [2.24, 2.45) is 52.8 Å². The summed E-state index contributed by atoms with van der Waals surface area (Å²) in [7, 11) is 0. The molecule has 1 heteroatoms. The smallest absolute Gasteiger partial charge is 0.0577 e. The molecule has 0 spiro atoms. The van der Waals surface area contributed by atoms with E-state index in [1.54, 1.807) is 5.57 Å². The van der Waals surface area contributed by atoms with Crippen LogP contribution < -0.4 is 0 Å². The van der Waals surface area contributed by atoms with E-state index in [-0.39, 0.29) is 6.10 Å². The first-order chi connectivity index (χ1) is 13.3. The molecule has 0 radical (unpaired) electrons. The summed E-state index contributed by atoms with van der Waals surface area (Å²) in [6.07, 6.45) is 15.8. The van der Waals surface area contributed by atoms with Crippen LogP contribution in [-0.4, -0.2) is 11.2 Å². The Morgan fingerprint density at radius 1 is 1.11 bits per heavy atom. The van der Waals surface area contributed by atoms with Crippen molar-refractivity contribution in [2.75, 3.05) is 0 Å². The van der Waals surface area contributed by atoms with Crippen LogP contribution in [0, 0.1) is 52.8 Å². The van der Waals surface area contributed by atoms with Gasteiger partial charge in [-0.1, -0.05) is 65.5 Å². The molecule has 3 saturated carbocycles. The van der Waals surface area contributed by atoms with E-state index in [9.17, 15) is 5.11 Å². The molecular formula is C27H46O. The van der Waals surface area contributed by atoms with Crippen molar-refractivity contribution in [2.45, 2.75) is 105 Å². The zero-order valence-corrected chi connectivity index (χ0v) is 19.3. The van der Waals surface area contributed by atoms with E-state index < -0.39 is 0 Å². The Labute approximate surface area is 174 Å². The van der Waals surface area contributed by atoms with Gasteiger partial charge in [0.05, 0.1) is 6.10 Å². The molecule has 4 unspecified atom stereocenters.